The van der Waals surface area contributed by atoms with Crippen molar-refractivity contribution in [3.05, 3.63) is 102 Å². The second kappa shape index (κ2) is 8.49. The van der Waals surface area contributed by atoms with Gasteiger partial charge in [0.05, 0.1) is 34.2 Å². The molecule has 3 aromatic heterocycles. The maximum atomic E-state index is 14.3. The van der Waals surface area contributed by atoms with Crippen LogP contribution in [0.15, 0.2) is 91.0 Å². The number of nitrogens with zero attached hydrogens (tertiary/aromatic N) is 1. The van der Waals surface area contributed by atoms with E-state index in [9.17, 15) is 9.18 Å². The van der Waals surface area contributed by atoms with E-state index in [1.165, 1.54) is 24.5 Å². The molecule has 170 valence electrons. The van der Waals surface area contributed by atoms with Gasteiger partial charge in [0.25, 0.3) is 0 Å². The number of hydrogen-bond acceptors (Lipinski definition) is 4. The van der Waals surface area contributed by atoms with Crippen LogP contribution in [0.1, 0.15) is 9.67 Å². The first-order valence-electron chi connectivity index (χ1n) is 11.1. The molecule has 6 rings (SSSR count). The molecular weight excluding hydrogens is 459 g/mol. The van der Waals surface area contributed by atoms with Crippen LogP contribution in [0.5, 0.6) is 0 Å². The van der Waals surface area contributed by atoms with E-state index in [4.69, 9.17) is 9.72 Å². The van der Waals surface area contributed by atoms with E-state index in [-0.39, 0.29) is 11.8 Å². The number of aromatic nitrogens is 2. The standard InChI is InChI=1S/C29H19FN2O2S/c1-34-29(33)25-16-24-28(35-25)26(17-7-3-2-4-8-17)27(32-24)19-12-13-22-18(15-19)11-14-23(31-22)20-9-5-6-10-21(20)30/h2-16,32H,1H3. The van der Waals surface area contributed by atoms with Crippen LogP contribution < -0.4 is 0 Å². The Labute approximate surface area is 204 Å². The zero-order valence-corrected chi connectivity index (χ0v) is 19.5. The Kier molecular flexibility index (Phi) is 5.16. The highest BCUT2D eigenvalue weighted by molar-refractivity contribution is 7.21. The lowest BCUT2D eigenvalue weighted by atomic mass is 10.00. The van der Waals surface area contributed by atoms with Gasteiger partial charge in [-0.3, -0.25) is 0 Å². The number of hydrogen-bond donors (Lipinski definition) is 1. The zero-order chi connectivity index (χ0) is 23.9. The quantitative estimate of drug-likeness (QED) is 0.264. The summed E-state index contributed by atoms with van der Waals surface area (Å²) in [4.78, 5) is 20.9. The number of nitrogens with one attached hydrogen (secondary N) is 1. The fourth-order valence-electron chi connectivity index (χ4n) is 4.38. The molecule has 3 heterocycles. The summed E-state index contributed by atoms with van der Waals surface area (Å²) in [7, 11) is 1.39. The number of thiophene rings is 1. The summed E-state index contributed by atoms with van der Waals surface area (Å²) in [5, 5.41) is 0.954. The van der Waals surface area contributed by atoms with Crippen molar-refractivity contribution in [2.75, 3.05) is 7.11 Å². The number of ether oxygens (including phenoxy) is 1. The highest BCUT2D eigenvalue weighted by Gasteiger charge is 2.20. The summed E-state index contributed by atoms with van der Waals surface area (Å²) in [6.45, 7) is 0. The number of esters is 1. The number of methoxy groups -OCH3 is 1. The smallest absolute Gasteiger partial charge is 0.348 e. The predicted molar refractivity (Wildman–Crippen MR) is 139 cm³/mol. The van der Waals surface area contributed by atoms with Gasteiger partial charge in [0, 0.05) is 16.5 Å². The van der Waals surface area contributed by atoms with Crippen LogP contribution in [-0.2, 0) is 4.74 Å². The van der Waals surface area contributed by atoms with Gasteiger partial charge in [-0.15, -0.1) is 11.3 Å². The van der Waals surface area contributed by atoms with Crippen LogP contribution in [0.25, 0.3) is 54.8 Å². The molecule has 0 unspecified atom stereocenters. The minimum Gasteiger partial charge on any atom is -0.465 e. The van der Waals surface area contributed by atoms with Crippen molar-refractivity contribution in [1.29, 1.82) is 0 Å². The third-order valence-electron chi connectivity index (χ3n) is 6.05. The molecule has 0 aliphatic heterocycles. The number of fused-ring (bicyclic) bond motifs is 2. The van der Waals surface area contributed by atoms with E-state index < -0.39 is 0 Å². The molecule has 0 radical (unpaired) electrons. The molecule has 3 aromatic carbocycles. The summed E-state index contributed by atoms with van der Waals surface area (Å²) >= 11 is 1.42. The van der Waals surface area contributed by atoms with Gasteiger partial charge in [-0.2, -0.15) is 0 Å². The normalized spacial score (nSPS) is 11.3. The number of pyridine rings is 1. The van der Waals surface area contributed by atoms with Gasteiger partial charge in [-0.25, -0.2) is 14.2 Å². The SMILES string of the molecule is COC(=O)c1cc2[nH]c(-c3ccc4nc(-c5ccccc5F)ccc4c3)c(-c3ccccc3)c2s1. The van der Waals surface area contributed by atoms with E-state index in [1.54, 1.807) is 18.2 Å². The average molecular weight is 479 g/mol. The number of benzene rings is 3. The minimum atomic E-state index is -0.345. The highest BCUT2D eigenvalue weighted by atomic mass is 32.1. The molecule has 0 spiro atoms. The third kappa shape index (κ3) is 3.68. The maximum Gasteiger partial charge on any atom is 0.348 e. The number of H-pyrrole nitrogens is 1. The van der Waals surface area contributed by atoms with E-state index >= 15 is 0 Å². The largest absolute Gasteiger partial charge is 0.465 e. The lowest BCUT2D eigenvalue weighted by Crippen LogP contribution is -1.96. The monoisotopic (exact) mass is 478 g/mol. The third-order valence-corrected chi connectivity index (χ3v) is 7.18. The lowest BCUT2D eigenvalue weighted by Gasteiger charge is -2.08. The van der Waals surface area contributed by atoms with Gasteiger partial charge in [-0.1, -0.05) is 54.6 Å². The Morgan fingerprint density at radius 1 is 0.914 bits per heavy atom. The lowest BCUT2D eigenvalue weighted by molar-refractivity contribution is 0.0606. The molecule has 6 heteroatoms. The Balaban J connectivity index is 1.50. The second-order valence-corrected chi connectivity index (χ2v) is 9.22. The molecule has 4 nitrogen and oxygen atoms in total. The highest BCUT2D eigenvalue weighted by Crippen LogP contribution is 2.42. The van der Waals surface area contributed by atoms with Crippen LogP contribution in [0.2, 0.25) is 0 Å². The molecule has 35 heavy (non-hydrogen) atoms. The van der Waals surface area contributed by atoms with Gasteiger partial charge in [0.1, 0.15) is 10.7 Å². The summed E-state index contributed by atoms with van der Waals surface area (Å²) in [6, 6.07) is 28.5. The molecule has 0 atom stereocenters. The van der Waals surface area contributed by atoms with Crippen molar-refractivity contribution >= 4 is 38.4 Å². The van der Waals surface area contributed by atoms with Crippen molar-refractivity contribution in [1.82, 2.24) is 9.97 Å². The van der Waals surface area contributed by atoms with E-state index in [0.29, 0.717) is 16.1 Å². The molecule has 0 saturated heterocycles. The van der Waals surface area contributed by atoms with Gasteiger partial charge in [0.15, 0.2) is 0 Å². The van der Waals surface area contributed by atoms with Gasteiger partial charge in [0.2, 0.25) is 0 Å². The van der Waals surface area contributed by atoms with Gasteiger partial charge < -0.3 is 9.72 Å². The molecule has 0 bridgehead atoms. The Hall–Kier alpha value is -4.29. The average Bonchev–Trinajstić information content (AvgIpc) is 3.47. The second-order valence-electron chi connectivity index (χ2n) is 8.17. The molecular formula is C29H19FN2O2S. The maximum absolute atomic E-state index is 14.3. The minimum absolute atomic E-state index is 0.291. The van der Waals surface area contributed by atoms with Crippen molar-refractivity contribution < 1.29 is 13.9 Å². The molecule has 0 fully saturated rings. The van der Waals surface area contributed by atoms with E-state index in [0.717, 1.165) is 43.5 Å². The molecule has 1 N–H and O–H groups in total. The first kappa shape index (κ1) is 21.3. The number of carbonyl (C=O) groups is 1. The van der Waals surface area contributed by atoms with Gasteiger partial charge in [-0.05, 0) is 47.5 Å². The Bertz CT molecular complexity index is 1720. The molecule has 0 amide bonds. The number of aromatic amines is 1. The van der Waals surface area contributed by atoms with Crippen LogP contribution in [0.4, 0.5) is 4.39 Å². The van der Waals surface area contributed by atoms with Crippen molar-refractivity contribution in [2.45, 2.75) is 0 Å². The topological polar surface area (TPSA) is 55.0 Å². The Morgan fingerprint density at radius 3 is 2.51 bits per heavy atom. The fraction of sp³-hybridized carbons (Fsp3) is 0.0345. The predicted octanol–water partition coefficient (Wildman–Crippen LogP) is 7.70. The first-order valence-corrected chi connectivity index (χ1v) is 11.9. The van der Waals surface area contributed by atoms with E-state index in [2.05, 4.69) is 23.2 Å². The van der Waals surface area contributed by atoms with Crippen LogP contribution >= 0.6 is 11.3 Å². The van der Waals surface area contributed by atoms with Gasteiger partial charge >= 0.3 is 5.97 Å². The fourth-order valence-corrected chi connectivity index (χ4v) is 5.48. The number of rotatable bonds is 4. The van der Waals surface area contributed by atoms with Crippen molar-refractivity contribution in [2.24, 2.45) is 0 Å². The van der Waals surface area contributed by atoms with E-state index in [1.807, 2.05) is 48.5 Å². The zero-order valence-electron chi connectivity index (χ0n) is 18.7. The number of halogens is 1. The summed E-state index contributed by atoms with van der Waals surface area (Å²) in [6.07, 6.45) is 0. The van der Waals surface area contributed by atoms with Crippen LogP contribution in [-0.4, -0.2) is 23.0 Å². The number of carbonyl (C=O) groups excluding carboxylic acids is 1. The van der Waals surface area contributed by atoms with Crippen LogP contribution in [0.3, 0.4) is 0 Å². The summed E-state index contributed by atoms with van der Waals surface area (Å²) in [5.41, 5.74) is 6.82. The molecule has 6 aromatic rings. The van der Waals surface area contributed by atoms with Crippen LogP contribution in [0, 0.1) is 5.82 Å². The van der Waals surface area contributed by atoms with Crippen molar-refractivity contribution in [3.8, 4) is 33.6 Å². The summed E-state index contributed by atoms with van der Waals surface area (Å²) < 4.78 is 20.2. The molecule has 0 aliphatic carbocycles. The van der Waals surface area contributed by atoms with Crippen molar-refractivity contribution in [3.63, 3.8) is 0 Å². The first-order chi connectivity index (χ1) is 17.1. The summed E-state index contributed by atoms with van der Waals surface area (Å²) in [5.74, 6) is -0.635. The molecule has 0 aliphatic rings. The molecule has 0 saturated carbocycles. The Morgan fingerprint density at radius 2 is 1.71 bits per heavy atom.